The molecule has 0 radical (unpaired) electrons. The second-order valence-electron chi connectivity index (χ2n) is 2.50. The Morgan fingerprint density at radius 2 is 2.42 bits per heavy atom. The van der Waals surface area contributed by atoms with Gasteiger partial charge in [0.1, 0.15) is 6.07 Å². The highest BCUT2D eigenvalue weighted by atomic mass is 15.1. The van der Waals surface area contributed by atoms with E-state index in [-0.39, 0.29) is 0 Å². The van der Waals surface area contributed by atoms with Crippen LogP contribution in [0.1, 0.15) is 12.6 Å². The van der Waals surface area contributed by atoms with E-state index in [1.165, 1.54) is 0 Å². The van der Waals surface area contributed by atoms with Crippen LogP contribution in [0, 0.1) is 11.3 Å². The molecule has 0 amide bonds. The number of rotatable bonds is 2. The van der Waals surface area contributed by atoms with Gasteiger partial charge in [-0.3, -0.25) is 0 Å². The molecule has 3 nitrogen and oxygen atoms in total. The zero-order valence-electron chi connectivity index (χ0n) is 7.28. The summed E-state index contributed by atoms with van der Waals surface area (Å²) in [6.07, 6.45) is 1.63. The summed E-state index contributed by atoms with van der Waals surface area (Å²) < 4.78 is 0. The SMILES string of the molecule is CCN(C)c1cccnc1C#N. The first kappa shape index (κ1) is 8.54. The molecule has 0 fully saturated rings. The van der Waals surface area contributed by atoms with Crippen molar-refractivity contribution in [2.45, 2.75) is 6.92 Å². The first-order valence-electron chi connectivity index (χ1n) is 3.85. The summed E-state index contributed by atoms with van der Waals surface area (Å²) in [6, 6.07) is 5.79. The van der Waals surface area contributed by atoms with Crippen molar-refractivity contribution in [1.29, 1.82) is 5.26 Å². The molecule has 3 heteroatoms. The summed E-state index contributed by atoms with van der Waals surface area (Å²) >= 11 is 0. The van der Waals surface area contributed by atoms with Crippen molar-refractivity contribution in [3.8, 4) is 6.07 Å². The fourth-order valence-electron chi connectivity index (χ4n) is 0.961. The van der Waals surface area contributed by atoms with Gasteiger partial charge in [0.2, 0.25) is 0 Å². The van der Waals surface area contributed by atoms with Crippen molar-refractivity contribution in [3.63, 3.8) is 0 Å². The Kier molecular flexibility index (Phi) is 2.65. The average molecular weight is 161 g/mol. The third kappa shape index (κ3) is 1.54. The van der Waals surface area contributed by atoms with Crippen molar-refractivity contribution < 1.29 is 0 Å². The van der Waals surface area contributed by atoms with E-state index in [1.807, 2.05) is 31.0 Å². The lowest BCUT2D eigenvalue weighted by Crippen LogP contribution is -2.17. The van der Waals surface area contributed by atoms with Gasteiger partial charge in [-0.2, -0.15) is 5.26 Å². The Morgan fingerprint density at radius 3 is 3.00 bits per heavy atom. The molecule has 0 N–H and O–H groups in total. The van der Waals surface area contributed by atoms with Crippen LogP contribution in [0.15, 0.2) is 18.3 Å². The molecule has 1 rings (SSSR count). The lowest BCUT2D eigenvalue weighted by molar-refractivity contribution is 0.956. The summed E-state index contributed by atoms with van der Waals surface area (Å²) in [7, 11) is 1.94. The predicted octanol–water partition coefficient (Wildman–Crippen LogP) is 1.41. The van der Waals surface area contributed by atoms with Crippen LogP contribution >= 0.6 is 0 Å². The average Bonchev–Trinajstić information content (AvgIpc) is 2.16. The number of aromatic nitrogens is 1. The molecule has 0 unspecified atom stereocenters. The highest BCUT2D eigenvalue weighted by molar-refractivity contribution is 5.54. The third-order valence-corrected chi connectivity index (χ3v) is 1.78. The molecule has 1 heterocycles. The Bertz CT molecular complexity index is 301. The third-order valence-electron chi connectivity index (χ3n) is 1.78. The van der Waals surface area contributed by atoms with Gasteiger partial charge < -0.3 is 4.90 Å². The van der Waals surface area contributed by atoms with Crippen molar-refractivity contribution in [3.05, 3.63) is 24.0 Å². The maximum absolute atomic E-state index is 8.72. The molecule has 0 aromatic carbocycles. The van der Waals surface area contributed by atoms with E-state index < -0.39 is 0 Å². The zero-order valence-corrected chi connectivity index (χ0v) is 7.28. The molecule has 0 saturated carbocycles. The van der Waals surface area contributed by atoms with Gasteiger partial charge in [-0.15, -0.1) is 0 Å². The standard InChI is InChI=1S/C9H11N3/c1-3-12(2)9-5-4-6-11-8(9)7-10/h4-6H,3H2,1-2H3. The first-order valence-corrected chi connectivity index (χ1v) is 3.85. The molecule has 0 aliphatic carbocycles. The topological polar surface area (TPSA) is 39.9 Å². The Hall–Kier alpha value is -1.56. The molecular weight excluding hydrogens is 150 g/mol. The Balaban J connectivity index is 3.07. The van der Waals surface area contributed by atoms with E-state index in [1.54, 1.807) is 6.20 Å². The number of anilines is 1. The number of hydrogen-bond donors (Lipinski definition) is 0. The Morgan fingerprint density at radius 1 is 1.67 bits per heavy atom. The van der Waals surface area contributed by atoms with E-state index in [0.717, 1.165) is 12.2 Å². The molecule has 0 aliphatic heterocycles. The summed E-state index contributed by atoms with van der Waals surface area (Å²) in [5, 5.41) is 8.72. The van der Waals surface area contributed by atoms with Gasteiger partial charge >= 0.3 is 0 Å². The summed E-state index contributed by atoms with van der Waals surface area (Å²) in [6.45, 7) is 2.91. The predicted molar refractivity (Wildman–Crippen MR) is 47.9 cm³/mol. The highest BCUT2D eigenvalue weighted by Gasteiger charge is 2.04. The van der Waals surface area contributed by atoms with Crippen molar-refractivity contribution in [1.82, 2.24) is 4.98 Å². The van der Waals surface area contributed by atoms with Crippen LogP contribution in [0.5, 0.6) is 0 Å². The minimum Gasteiger partial charge on any atom is -0.373 e. The van der Waals surface area contributed by atoms with Crippen LogP contribution < -0.4 is 4.90 Å². The quantitative estimate of drug-likeness (QED) is 0.658. The van der Waals surface area contributed by atoms with Crippen LogP contribution in [0.3, 0.4) is 0 Å². The summed E-state index contributed by atoms with van der Waals surface area (Å²) in [5.41, 5.74) is 1.38. The molecule has 0 saturated heterocycles. The smallest absolute Gasteiger partial charge is 0.163 e. The number of nitriles is 1. The second kappa shape index (κ2) is 3.72. The largest absolute Gasteiger partial charge is 0.373 e. The highest BCUT2D eigenvalue weighted by Crippen LogP contribution is 2.14. The minimum atomic E-state index is 0.488. The maximum atomic E-state index is 8.72. The molecule has 0 atom stereocenters. The van der Waals surface area contributed by atoms with Gasteiger partial charge in [0.15, 0.2) is 5.69 Å². The fourth-order valence-corrected chi connectivity index (χ4v) is 0.961. The van der Waals surface area contributed by atoms with E-state index >= 15 is 0 Å². The molecular formula is C9H11N3. The van der Waals surface area contributed by atoms with Gasteiger partial charge in [-0.1, -0.05) is 0 Å². The van der Waals surface area contributed by atoms with E-state index in [4.69, 9.17) is 5.26 Å². The molecule has 62 valence electrons. The lowest BCUT2D eigenvalue weighted by atomic mass is 10.3. The van der Waals surface area contributed by atoms with Crippen molar-refractivity contribution >= 4 is 5.69 Å². The number of hydrogen-bond acceptors (Lipinski definition) is 3. The number of nitrogens with zero attached hydrogens (tertiary/aromatic N) is 3. The molecule has 1 aromatic heterocycles. The van der Waals surface area contributed by atoms with Crippen LogP contribution in [0.4, 0.5) is 5.69 Å². The van der Waals surface area contributed by atoms with Crippen molar-refractivity contribution in [2.75, 3.05) is 18.5 Å². The molecule has 1 aromatic rings. The molecule has 12 heavy (non-hydrogen) atoms. The van der Waals surface area contributed by atoms with E-state index in [9.17, 15) is 0 Å². The van der Waals surface area contributed by atoms with Crippen LogP contribution in [0.25, 0.3) is 0 Å². The van der Waals surface area contributed by atoms with Crippen LogP contribution in [-0.4, -0.2) is 18.6 Å². The fraction of sp³-hybridized carbons (Fsp3) is 0.333. The van der Waals surface area contributed by atoms with Gasteiger partial charge in [0, 0.05) is 19.8 Å². The zero-order chi connectivity index (χ0) is 8.97. The summed E-state index contributed by atoms with van der Waals surface area (Å²) in [4.78, 5) is 5.96. The Labute approximate surface area is 72.3 Å². The number of pyridine rings is 1. The van der Waals surface area contributed by atoms with Crippen molar-refractivity contribution in [2.24, 2.45) is 0 Å². The van der Waals surface area contributed by atoms with Gasteiger partial charge in [0.05, 0.1) is 5.69 Å². The second-order valence-corrected chi connectivity index (χ2v) is 2.50. The lowest BCUT2D eigenvalue weighted by Gasteiger charge is -2.16. The molecule has 0 spiro atoms. The molecule has 0 bridgehead atoms. The van der Waals surface area contributed by atoms with Crippen LogP contribution in [0.2, 0.25) is 0 Å². The normalized spacial score (nSPS) is 9.08. The monoisotopic (exact) mass is 161 g/mol. The van der Waals surface area contributed by atoms with Gasteiger partial charge in [-0.05, 0) is 19.1 Å². The minimum absolute atomic E-state index is 0.488. The van der Waals surface area contributed by atoms with Gasteiger partial charge in [-0.25, -0.2) is 4.98 Å². The maximum Gasteiger partial charge on any atom is 0.163 e. The first-order chi connectivity index (χ1) is 5.79. The van der Waals surface area contributed by atoms with E-state index in [0.29, 0.717) is 5.69 Å². The summed E-state index contributed by atoms with van der Waals surface area (Å²) in [5.74, 6) is 0. The molecule has 0 aliphatic rings. The van der Waals surface area contributed by atoms with E-state index in [2.05, 4.69) is 11.1 Å². The van der Waals surface area contributed by atoms with Gasteiger partial charge in [0.25, 0.3) is 0 Å². The van der Waals surface area contributed by atoms with Crippen LogP contribution in [-0.2, 0) is 0 Å².